The molecule has 0 fully saturated rings. The number of fused-ring (bicyclic) bond motifs is 1. The predicted molar refractivity (Wildman–Crippen MR) is 81.6 cm³/mol. The number of rotatable bonds is 3. The first-order chi connectivity index (χ1) is 9.79. The fraction of sp³-hybridized carbons (Fsp3) is 0.167. The molecule has 0 saturated heterocycles. The number of nitrogens with zero attached hydrogens (tertiary/aromatic N) is 1. The van der Waals surface area contributed by atoms with Gasteiger partial charge in [0.05, 0.1) is 5.52 Å². The third-order valence-corrected chi connectivity index (χ3v) is 3.65. The summed E-state index contributed by atoms with van der Waals surface area (Å²) in [7, 11) is 0. The Balaban J connectivity index is 2.10. The molecule has 0 aliphatic carbocycles. The number of para-hydroxylation sites is 1. The number of aliphatic hydroxyl groups is 1. The van der Waals surface area contributed by atoms with E-state index in [4.69, 9.17) is 0 Å². The highest BCUT2D eigenvalue weighted by Gasteiger charge is 2.13. The first kappa shape index (κ1) is 12.8. The van der Waals surface area contributed by atoms with E-state index in [9.17, 15) is 5.11 Å². The van der Waals surface area contributed by atoms with E-state index in [1.54, 1.807) is 6.20 Å². The van der Waals surface area contributed by atoms with E-state index in [2.05, 4.69) is 24.0 Å². The van der Waals surface area contributed by atoms with Gasteiger partial charge in [-0.2, -0.15) is 0 Å². The minimum absolute atomic E-state index is 0.616. The Morgan fingerprint density at radius 2 is 1.90 bits per heavy atom. The molecular formula is C18H17NO. The summed E-state index contributed by atoms with van der Waals surface area (Å²) in [6.07, 6.45) is 2.11. The molecule has 3 aromatic rings. The summed E-state index contributed by atoms with van der Waals surface area (Å²) in [4.78, 5) is 4.34. The van der Waals surface area contributed by atoms with Crippen molar-refractivity contribution in [3.05, 3.63) is 77.5 Å². The zero-order valence-electron chi connectivity index (χ0n) is 11.5. The summed E-state index contributed by atoms with van der Waals surface area (Å²) in [5.74, 6) is 0. The van der Waals surface area contributed by atoms with Crippen molar-refractivity contribution in [2.24, 2.45) is 0 Å². The molecule has 2 aromatic carbocycles. The molecule has 20 heavy (non-hydrogen) atoms. The van der Waals surface area contributed by atoms with Crippen LogP contribution in [0, 0.1) is 0 Å². The van der Waals surface area contributed by atoms with Gasteiger partial charge in [0, 0.05) is 11.6 Å². The van der Waals surface area contributed by atoms with Crippen LogP contribution in [0.2, 0.25) is 0 Å². The van der Waals surface area contributed by atoms with Crippen LogP contribution < -0.4 is 0 Å². The second-order valence-corrected chi connectivity index (χ2v) is 4.92. The number of aromatic nitrogens is 1. The number of benzene rings is 2. The standard InChI is InChI=1S/C18H17NO/c1-2-13-6-5-7-14(12-13)18(20)16-10-11-19-17-9-4-3-8-15(16)17/h3-12,18,20H,2H2,1H3. The third-order valence-electron chi connectivity index (χ3n) is 3.65. The average Bonchev–Trinajstić information content (AvgIpc) is 2.53. The minimum Gasteiger partial charge on any atom is -0.384 e. The predicted octanol–water partition coefficient (Wildman–Crippen LogP) is 3.88. The van der Waals surface area contributed by atoms with Crippen molar-refractivity contribution in [2.45, 2.75) is 19.4 Å². The van der Waals surface area contributed by atoms with Gasteiger partial charge in [-0.25, -0.2) is 0 Å². The first-order valence-electron chi connectivity index (χ1n) is 6.90. The highest BCUT2D eigenvalue weighted by Crippen LogP contribution is 2.28. The lowest BCUT2D eigenvalue weighted by atomic mass is 9.96. The van der Waals surface area contributed by atoms with Crippen molar-refractivity contribution in [1.29, 1.82) is 0 Å². The SMILES string of the molecule is CCc1cccc(C(O)c2ccnc3ccccc23)c1. The summed E-state index contributed by atoms with van der Waals surface area (Å²) in [6.45, 7) is 2.12. The van der Waals surface area contributed by atoms with Crippen molar-refractivity contribution >= 4 is 10.9 Å². The van der Waals surface area contributed by atoms with Crippen LogP contribution in [0.5, 0.6) is 0 Å². The van der Waals surface area contributed by atoms with Crippen molar-refractivity contribution in [3.63, 3.8) is 0 Å². The van der Waals surface area contributed by atoms with Crippen molar-refractivity contribution in [2.75, 3.05) is 0 Å². The highest BCUT2D eigenvalue weighted by atomic mass is 16.3. The van der Waals surface area contributed by atoms with E-state index >= 15 is 0 Å². The summed E-state index contributed by atoms with van der Waals surface area (Å²) < 4.78 is 0. The molecule has 3 rings (SSSR count). The van der Waals surface area contributed by atoms with Gasteiger partial charge in [-0.15, -0.1) is 0 Å². The van der Waals surface area contributed by atoms with Crippen LogP contribution in [0.1, 0.15) is 29.7 Å². The first-order valence-corrected chi connectivity index (χ1v) is 6.90. The largest absolute Gasteiger partial charge is 0.384 e. The van der Waals surface area contributed by atoms with Crippen LogP contribution in [-0.2, 0) is 6.42 Å². The molecule has 0 saturated carbocycles. The molecular weight excluding hydrogens is 246 g/mol. The lowest BCUT2D eigenvalue weighted by molar-refractivity contribution is 0.221. The second kappa shape index (κ2) is 5.43. The second-order valence-electron chi connectivity index (χ2n) is 4.92. The molecule has 1 aromatic heterocycles. The zero-order chi connectivity index (χ0) is 13.9. The van der Waals surface area contributed by atoms with Crippen LogP contribution in [0.4, 0.5) is 0 Å². The van der Waals surface area contributed by atoms with Crippen LogP contribution in [-0.4, -0.2) is 10.1 Å². The highest BCUT2D eigenvalue weighted by molar-refractivity contribution is 5.82. The number of aliphatic hydroxyl groups excluding tert-OH is 1. The van der Waals surface area contributed by atoms with Crippen molar-refractivity contribution in [1.82, 2.24) is 4.98 Å². The smallest absolute Gasteiger partial charge is 0.105 e. The van der Waals surface area contributed by atoms with Gasteiger partial charge in [-0.05, 0) is 35.2 Å². The molecule has 0 radical (unpaired) electrons. The fourth-order valence-electron chi connectivity index (χ4n) is 2.52. The Morgan fingerprint density at radius 1 is 1.05 bits per heavy atom. The monoisotopic (exact) mass is 263 g/mol. The van der Waals surface area contributed by atoms with Crippen LogP contribution >= 0.6 is 0 Å². The molecule has 1 atom stereocenters. The van der Waals surface area contributed by atoms with Gasteiger partial charge in [0.2, 0.25) is 0 Å². The molecule has 2 heteroatoms. The van der Waals surface area contributed by atoms with Crippen LogP contribution in [0.25, 0.3) is 10.9 Å². The maximum atomic E-state index is 10.7. The van der Waals surface area contributed by atoms with Crippen molar-refractivity contribution in [3.8, 4) is 0 Å². The van der Waals surface area contributed by atoms with Gasteiger partial charge in [0.1, 0.15) is 6.10 Å². The summed E-state index contributed by atoms with van der Waals surface area (Å²) >= 11 is 0. The Kier molecular flexibility index (Phi) is 3.48. The lowest BCUT2D eigenvalue weighted by Crippen LogP contribution is -2.01. The molecule has 100 valence electrons. The van der Waals surface area contributed by atoms with Gasteiger partial charge in [-0.3, -0.25) is 4.98 Å². The summed E-state index contributed by atoms with van der Waals surface area (Å²) in [5.41, 5.74) is 3.99. The van der Waals surface area contributed by atoms with Crippen molar-refractivity contribution < 1.29 is 5.11 Å². The molecule has 0 spiro atoms. The Labute approximate surface area is 118 Å². The Hall–Kier alpha value is -2.19. The Bertz CT molecular complexity index is 731. The lowest BCUT2D eigenvalue weighted by Gasteiger charge is -2.14. The maximum Gasteiger partial charge on any atom is 0.105 e. The van der Waals surface area contributed by atoms with E-state index < -0.39 is 6.10 Å². The van der Waals surface area contributed by atoms with E-state index in [0.717, 1.165) is 28.5 Å². The third kappa shape index (κ3) is 2.30. The molecule has 0 aliphatic heterocycles. The fourth-order valence-corrected chi connectivity index (χ4v) is 2.52. The Morgan fingerprint density at radius 3 is 2.75 bits per heavy atom. The van der Waals surface area contributed by atoms with Gasteiger partial charge >= 0.3 is 0 Å². The van der Waals surface area contributed by atoms with Gasteiger partial charge in [-0.1, -0.05) is 49.4 Å². The van der Waals surface area contributed by atoms with E-state index in [-0.39, 0.29) is 0 Å². The van der Waals surface area contributed by atoms with Crippen LogP contribution in [0.3, 0.4) is 0 Å². The molecule has 1 heterocycles. The molecule has 1 unspecified atom stereocenters. The number of hydrogen-bond donors (Lipinski definition) is 1. The summed E-state index contributed by atoms with van der Waals surface area (Å²) in [6, 6.07) is 17.9. The van der Waals surface area contributed by atoms with Gasteiger partial charge in [0.25, 0.3) is 0 Å². The molecule has 0 amide bonds. The maximum absolute atomic E-state index is 10.7. The van der Waals surface area contributed by atoms with E-state index in [1.807, 2.05) is 42.5 Å². The van der Waals surface area contributed by atoms with E-state index in [0.29, 0.717) is 0 Å². The topological polar surface area (TPSA) is 33.1 Å². The number of aryl methyl sites for hydroxylation is 1. The minimum atomic E-state index is -0.616. The zero-order valence-corrected chi connectivity index (χ0v) is 11.5. The molecule has 1 N–H and O–H groups in total. The normalized spacial score (nSPS) is 12.5. The van der Waals surface area contributed by atoms with Gasteiger partial charge < -0.3 is 5.11 Å². The number of hydrogen-bond acceptors (Lipinski definition) is 2. The number of pyridine rings is 1. The average molecular weight is 263 g/mol. The quantitative estimate of drug-likeness (QED) is 0.778. The molecule has 2 nitrogen and oxygen atoms in total. The summed E-state index contributed by atoms with van der Waals surface area (Å²) in [5, 5.41) is 11.7. The molecule has 0 aliphatic rings. The van der Waals surface area contributed by atoms with Crippen LogP contribution in [0.15, 0.2) is 60.8 Å². The van der Waals surface area contributed by atoms with E-state index in [1.165, 1.54) is 5.56 Å². The molecule has 0 bridgehead atoms. The van der Waals surface area contributed by atoms with Gasteiger partial charge in [0.15, 0.2) is 0 Å².